The van der Waals surface area contributed by atoms with Crippen molar-refractivity contribution in [1.29, 1.82) is 0 Å². The second kappa shape index (κ2) is 7.91. The number of carbonyl (C=O) groups is 1. The van der Waals surface area contributed by atoms with Crippen molar-refractivity contribution in [3.63, 3.8) is 0 Å². The topological polar surface area (TPSA) is 87.1 Å². The van der Waals surface area contributed by atoms with Gasteiger partial charge in [0.1, 0.15) is 5.60 Å². The number of fused-ring (bicyclic) bond motifs is 1. The molecule has 1 aromatic rings. The molecule has 0 aromatic carbocycles. The third kappa shape index (κ3) is 4.19. The normalized spacial score (nSPS) is 18.5. The molecule has 2 aliphatic rings. The molecular weight excluding hydrogens is 356 g/mol. The van der Waals surface area contributed by atoms with Crippen LogP contribution < -0.4 is 5.32 Å². The summed E-state index contributed by atoms with van der Waals surface area (Å²) in [6.45, 7) is 10.7. The van der Waals surface area contributed by atoms with Crippen LogP contribution in [0.3, 0.4) is 0 Å². The second-order valence-corrected chi connectivity index (χ2v) is 8.29. The minimum atomic E-state index is -0.485. The summed E-state index contributed by atoms with van der Waals surface area (Å²) >= 11 is 0. The lowest BCUT2D eigenvalue weighted by Crippen LogP contribution is -2.44. The number of rotatable bonds is 3. The van der Waals surface area contributed by atoms with Crippen LogP contribution in [0.15, 0.2) is 11.1 Å². The maximum atomic E-state index is 12.3. The summed E-state index contributed by atoms with van der Waals surface area (Å²) in [5.41, 5.74) is 4.66. The highest BCUT2D eigenvalue weighted by molar-refractivity contribution is 6.02. The molecule has 1 fully saturated rings. The standard InChI is InChI=1S/C21H30N4O3/c1-6-17-19-15(11-22-17)18(16(12-26)13(2)23-19)24-14-7-9-25(10-8-14)20(27)28-21(3,4)5/h6,11,14,26H,7-10,12H2,1-5H3,(H,23,24)/b17-6-. The van der Waals surface area contributed by atoms with E-state index in [4.69, 9.17) is 4.74 Å². The molecule has 1 aromatic heterocycles. The lowest BCUT2D eigenvalue weighted by molar-refractivity contribution is 0.0210. The van der Waals surface area contributed by atoms with Crippen LogP contribution in [0.25, 0.3) is 5.70 Å². The van der Waals surface area contributed by atoms with Crippen molar-refractivity contribution in [3.8, 4) is 0 Å². The molecule has 2 N–H and O–H groups in total. The number of allylic oxidation sites excluding steroid dienone is 1. The van der Waals surface area contributed by atoms with Crippen LogP contribution in [-0.4, -0.2) is 52.0 Å². The zero-order valence-electron chi connectivity index (χ0n) is 17.4. The van der Waals surface area contributed by atoms with Gasteiger partial charge in [0, 0.05) is 42.2 Å². The lowest BCUT2D eigenvalue weighted by Gasteiger charge is -2.34. The number of nitrogens with zero attached hydrogens (tertiary/aromatic N) is 3. The Bertz CT molecular complexity index is 816. The maximum absolute atomic E-state index is 12.3. The predicted octanol–water partition coefficient (Wildman–Crippen LogP) is 3.49. The van der Waals surface area contributed by atoms with Crippen molar-refractivity contribution in [2.75, 3.05) is 18.4 Å². The average molecular weight is 386 g/mol. The van der Waals surface area contributed by atoms with Gasteiger partial charge in [-0.2, -0.15) is 0 Å². The number of aliphatic hydroxyl groups excluding tert-OH is 1. The number of aliphatic hydroxyl groups is 1. The van der Waals surface area contributed by atoms with Crippen LogP contribution >= 0.6 is 0 Å². The molecular formula is C21H30N4O3. The molecule has 7 heteroatoms. The predicted molar refractivity (Wildman–Crippen MR) is 111 cm³/mol. The molecule has 28 heavy (non-hydrogen) atoms. The average Bonchev–Trinajstić information content (AvgIpc) is 3.03. The number of aliphatic imine (C=N–C) groups is 1. The molecule has 152 valence electrons. The van der Waals surface area contributed by atoms with Gasteiger partial charge < -0.3 is 20.1 Å². The van der Waals surface area contributed by atoms with E-state index in [1.165, 1.54) is 0 Å². The van der Waals surface area contributed by atoms with E-state index in [1.54, 1.807) is 4.90 Å². The number of piperidine rings is 1. The number of amides is 1. The zero-order chi connectivity index (χ0) is 20.5. The fraction of sp³-hybridized carbons (Fsp3) is 0.571. The fourth-order valence-electron chi connectivity index (χ4n) is 3.58. The van der Waals surface area contributed by atoms with E-state index in [1.807, 2.05) is 46.9 Å². The molecule has 0 aliphatic carbocycles. The lowest BCUT2D eigenvalue weighted by atomic mass is 10.0. The fourth-order valence-corrected chi connectivity index (χ4v) is 3.58. The van der Waals surface area contributed by atoms with Crippen LogP contribution in [0.5, 0.6) is 0 Å². The Morgan fingerprint density at radius 1 is 1.39 bits per heavy atom. The molecule has 0 bridgehead atoms. The first-order valence-corrected chi connectivity index (χ1v) is 9.83. The highest BCUT2D eigenvalue weighted by Crippen LogP contribution is 2.34. The first-order chi connectivity index (χ1) is 13.2. The number of likely N-dealkylation sites (tertiary alicyclic amines) is 1. The third-order valence-electron chi connectivity index (χ3n) is 5.04. The third-order valence-corrected chi connectivity index (χ3v) is 5.04. The number of carbonyl (C=O) groups excluding carboxylic acids is 1. The van der Waals surface area contributed by atoms with Crippen molar-refractivity contribution in [2.45, 2.75) is 65.7 Å². The Morgan fingerprint density at radius 3 is 2.64 bits per heavy atom. The van der Waals surface area contributed by atoms with Crippen molar-refractivity contribution >= 4 is 23.7 Å². The monoisotopic (exact) mass is 386 g/mol. The van der Waals surface area contributed by atoms with Gasteiger partial charge in [0.25, 0.3) is 0 Å². The summed E-state index contributed by atoms with van der Waals surface area (Å²) in [5.74, 6) is 0. The van der Waals surface area contributed by atoms with Gasteiger partial charge in [-0.3, -0.25) is 9.98 Å². The molecule has 2 aliphatic heterocycles. The molecule has 0 saturated carbocycles. The van der Waals surface area contributed by atoms with Gasteiger partial charge in [-0.15, -0.1) is 0 Å². The SMILES string of the molecule is C/C=C1\N=Cc2c1nc(C)c(CO)c2NC1CCN(C(=O)OC(C)(C)C)CC1. The van der Waals surface area contributed by atoms with Crippen molar-refractivity contribution in [1.82, 2.24) is 9.88 Å². The van der Waals surface area contributed by atoms with E-state index >= 15 is 0 Å². The van der Waals surface area contributed by atoms with Gasteiger partial charge in [0.2, 0.25) is 0 Å². The molecule has 3 rings (SSSR count). The Hall–Kier alpha value is -2.41. The first kappa shape index (κ1) is 20.3. The summed E-state index contributed by atoms with van der Waals surface area (Å²) in [7, 11) is 0. The molecule has 7 nitrogen and oxygen atoms in total. The number of ether oxygens (including phenoxy) is 1. The molecule has 0 atom stereocenters. The number of nitrogens with one attached hydrogen (secondary N) is 1. The van der Waals surface area contributed by atoms with E-state index in [2.05, 4.69) is 15.3 Å². The van der Waals surface area contributed by atoms with Crippen LogP contribution in [0.4, 0.5) is 10.5 Å². The minimum absolute atomic E-state index is 0.0792. The van der Waals surface area contributed by atoms with Crippen LogP contribution in [-0.2, 0) is 11.3 Å². The quantitative estimate of drug-likeness (QED) is 0.830. The van der Waals surface area contributed by atoms with Gasteiger partial charge in [-0.25, -0.2) is 4.79 Å². The molecule has 3 heterocycles. The summed E-state index contributed by atoms with van der Waals surface area (Å²) in [6, 6.07) is 0.206. The Morgan fingerprint density at radius 2 is 2.07 bits per heavy atom. The summed E-state index contributed by atoms with van der Waals surface area (Å²) < 4.78 is 5.47. The zero-order valence-corrected chi connectivity index (χ0v) is 17.4. The van der Waals surface area contributed by atoms with Gasteiger partial charge in [0.05, 0.1) is 23.7 Å². The largest absolute Gasteiger partial charge is 0.444 e. The van der Waals surface area contributed by atoms with E-state index in [9.17, 15) is 9.90 Å². The van der Waals surface area contributed by atoms with Gasteiger partial charge in [-0.1, -0.05) is 6.08 Å². The smallest absolute Gasteiger partial charge is 0.410 e. The van der Waals surface area contributed by atoms with Crippen molar-refractivity contribution < 1.29 is 14.6 Å². The highest BCUT2D eigenvalue weighted by Gasteiger charge is 2.29. The Kier molecular flexibility index (Phi) is 5.74. The van der Waals surface area contributed by atoms with E-state index in [0.29, 0.717) is 13.1 Å². The van der Waals surface area contributed by atoms with Crippen molar-refractivity contribution in [3.05, 3.63) is 28.6 Å². The molecule has 0 unspecified atom stereocenters. The summed E-state index contributed by atoms with van der Waals surface area (Å²) in [5, 5.41) is 13.5. The number of aryl methyl sites for hydroxylation is 1. The summed E-state index contributed by atoms with van der Waals surface area (Å²) in [4.78, 5) is 23.1. The number of pyridine rings is 1. The van der Waals surface area contributed by atoms with Crippen LogP contribution in [0.2, 0.25) is 0 Å². The highest BCUT2D eigenvalue weighted by atomic mass is 16.6. The Balaban J connectivity index is 1.74. The molecule has 1 amide bonds. The maximum Gasteiger partial charge on any atom is 0.410 e. The van der Waals surface area contributed by atoms with E-state index in [-0.39, 0.29) is 18.7 Å². The summed E-state index contributed by atoms with van der Waals surface area (Å²) in [6.07, 6.45) is 5.12. The van der Waals surface area contributed by atoms with Crippen LogP contribution in [0, 0.1) is 6.92 Å². The number of hydrogen-bond donors (Lipinski definition) is 2. The second-order valence-electron chi connectivity index (χ2n) is 8.29. The van der Waals surface area contributed by atoms with Crippen LogP contribution in [0.1, 0.15) is 63.1 Å². The minimum Gasteiger partial charge on any atom is -0.444 e. The molecule has 0 radical (unpaired) electrons. The van der Waals surface area contributed by atoms with Gasteiger partial charge in [0.15, 0.2) is 0 Å². The Labute approximate surface area is 166 Å². The molecule has 0 spiro atoms. The van der Waals surface area contributed by atoms with Gasteiger partial charge >= 0.3 is 6.09 Å². The van der Waals surface area contributed by atoms with Gasteiger partial charge in [-0.05, 0) is 47.5 Å². The van der Waals surface area contributed by atoms with E-state index in [0.717, 1.165) is 46.7 Å². The number of hydrogen-bond acceptors (Lipinski definition) is 6. The van der Waals surface area contributed by atoms with E-state index < -0.39 is 5.60 Å². The number of anilines is 1. The number of aromatic nitrogens is 1. The van der Waals surface area contributed by atoms with Crippen molar-refractivity contribution in [2.24, 2.45) is 4.99 Å². The first-order valence-electron chi connectivity index (χ1n) is 9.83. The molecule has 1 saturated heterocycles.